The summed E-state index contributed by atoms with van der Waals surface area (Å²) in [5.41, 5.74) is 1.76. The predicted molar refractivity (Wildman–Crippen MR) is 202 cm³/mol. The third-order valence-corrected chi connectivity index (χ3v) is 10.2. The number of fused-ring (bicyclic) bond motifs is 2. The highest BCUT2D eigenvalue weighted by molar-refractivity contribution is 7.86. The second-order valence-corrected chi connectivity index (χ2v) is 15.0. The summed E-state index contributed by atoms with van der Waals surface area (Å²) < 4.78 is 65.2. The summed E-state index contributed by atoms with van der Waals surface area (Å²) in [5, 5.41) is 32.9. The minimum absolute atomic E-state index is 0.00365. The van der Waals surface area contributed by atoms with Gasteiger partial charge in [-0.25, -0.2) is 4.79 Å². The Balaban J connectivity index is 1.18. The van der Waals surface area contributed by atoms with E-state index in [4.69, 9.17) is 0 Å². The lowest BCUT2D eigenvalue weighted by Crippen LogP contribution is -2.21. The third-order valence-electron chi connectivity index (χ3n) is 8.49. The lowest BCUT2D eigenvalue weighted by molar-refractivity contribution is 0.101. The van der Waals surface area contributed by atoms with Crippen molar-refractivity contribution in [2.24, 2.45) is 0 Å². The molecule has 0 heterocycles. The summed E-state index contributed by atoms with van der Waals surface area (Å²) in [6.07, 6.45) is 0. The molecule has 17 heteroatoms. The molecule has 0 bridgehead atoms. The summed E-state index contributed by atoms with van der Waals surface area (Å²) in [6, 6.07) is 21.1. The van der Waals surface area contributed by atoms with Crippen LogP contribution in [0.2, 0.25) is 0 Å². The molecule has 6 aromatic carbocycles. The van der Waals surface area contributed by atoms with Crippen LogP contribution in [0.5, 0.6) is 11.5 Å². The van der Waals surface area contributed by atoms with Crippen molar-refractivity contribution in [1.29, 1.82) is 0 Å². The Morgan fingerprint density at radius 3 is 1.26 bits per heavy atom. The van der Waals surface area contributed by atoms with Gasteiger partial charge in [-0.15, -0.1) is 0 Å². The zero-order valence-electron chi connectivity index (χ0n) is 28.2. The molecule has 0 spiro atoms. The summed E-state index contributed by atoms with van der Waals surface area (Å²) >= 11 is 0. The van der Waals surface area contributed by atoms with Gasteiger partial charge in [-0.3, -0.25) is 18.7 Å². The van der Waals surface area contributed by atoms with E-state index in [1.54, 1.807) is 38.1 Å². The topological polar surface area (TPSA) is 249 Å². The van der Waals surface area contributed by atoms with Crippen molar-refractivity contribution in [3.8, 4) is 11.5 Å². The van der Waals surface area contributed by atoms with Gasteiger partial charge in [0.25, 0.3) is 32.1 Å². The molecule has 0 aliphatic carbocycles. The molecule has 0 aliphatic heterocycles. The standard InChI is InChI=1S/C37H30N4O11S2/c1-19-3-7-23(17-29(19)35(44)40-33-27-11-9-25(53(47,48)49)15-21(27)5-13-31(33)42)38-37(46)39-24-8-4-20(2)30(18-24)36(45)41-34-28-12-10-26(54(50,51)52)16-22(28)6-14-32(34)43/h3-18,42-43H,1-2H3,(H,40,44)(H,41,45)(H2,38,39,46)(H,47,48,49)(H,50,51,52). The zero-order valence-corrected chi connectivity index (χ0v) is 29.8. The van der Waals surface area contributed by atoms with Gasteiger partial charge in [0.2, 0.25) is 0 Å². The van der Waals surface area contributed by atoms with Gasteiger partial charge in [0.15, 0.2) is 0 Å². The van der Waals surface area contributed by atoms with E-state index in [9.17, 15) is 50.5 Å². The number of carbonyl (C=O) groups is 3. The molecule has 0 saturated carbocycles. The lowest BCUT2D eigenvalue weighted by Gasteiger charge is -2.15. The molecule has 0 radical (unpaired) electrons. The number of rotatable bonds is 8. The molecule has 4 amide bonds. The zero-order chi connectivity index (χ0) is 39.1. The van der Waals surface area contributed by atoms with Gasteiger partial charge in [-0.05, 0) is 96.4 Å². The van der Waals surface area contributed by atoms with E-state index in [0.717, 1.165) is 12.1 Å². The van der Waals surface area contributed by atoms with E-state index in [1.807, 2.05) is 0 Å². The number of benzene rings is 6. The second kappa shape index (κ2) is 14.1. The van der Waals surface area contributed by atoms with Crippen LogP contribution < -0.4 is 21.3 Å². The van der Waals surface area contributed by atoms with E-state index in [2.05, 4.69) is 21.3 Å². The van der Waals surface area contributed by atoms with Crippen molar-refractivity contribution >= 4 is 82.4 Å². The first-order chi connectivity index (χ1) is 25.4. The van der Waals surface area contributed by atoms with Crippen molar-refractivity contribution in [2.75, 3.05) is 21.3 Å². The Morgan fingerprint density at radius 1 is 0.500 bits per heavy atom. The van der Waals surface area contributed by atoms with E-state index in [0.29, 0.717) is 32.7 Å². The fraction of sp³-hybridized carbons (Fsp3) is 0.0541. The van der Waals surface area contributed by atoms with E-state index >= 15 is 0 Å². The lowest BCUT2D eigenvalue weighted by atomic mass is 10.0. The van der Waals surface area contributed by atoms with Crippen LogP contribution in [-0.4, -0.2) is 54.0 Å². The number of phenolic OH excluding ortho intramolecular Hbond substituents is 2. The summed E-state index contributed by atoms with van der Waals surface area (Å²) in [5.74, 6) is -1.89. The van der Waals surface area contributed by atoms with Gasteiger partial charge in [0, 0.05) is 33.3 Å². The van der Waals surface area contributed by atoms with Gasteiger partial charge in [-0.1, -0.05) is 36.4 Å². The maximum Gasteiger partial charge on any atom is 0.323 e. The number of anilines is 4. The second-order valence-electron chi connectivity index (χ2n) is 12.2. The number of aryl methyl sites for hydroxylation is 2. The maximum absolute atomic E-state index is 13.4. The molecule has 0 atom stereocenters. The summed E-state index contributed by atoms with van der Waals surface area (Å²) in [6.45, 7) is 3.32. The number of urea groups is 1. The third kappa shape index (κ3) is 7.79. The Morgan fingerprint density at radius 2 is 0.889 bits per heavy atom. The SMILES string of the molecule is Cc1ccc(NC(=O)Nc2ccc(C)c(C(=O)Nc3c(O)ccc4cc(S(=O)(=O)O)ccc34)c2)cc1C(=O)Nc1c(O)ccc2cc(S(=O)(=O)O)ccc12. The Bertz CT molecular complexity index is 2600. The van der Waals surface area contributed by atoms with Crippen LogP contribution >= 0.6 is 0 Å². The van der Waals surface area contributed by atoms with E-state index in [1.165, 1.54) is 60.7 Å². The highest BCUT2D eigenvalue weighted by atomic mass is 32.2. The van der Waals surface area contributed by atoms with Crippen LogP contribution in [0.4, 0.5) is 27.5 Å². The molecule has 276 valence electrons. The van der Waals surface area contributed by atoms with Crippen LogP contribution in [0.1, 0.15) is 31.8 Å². The average Bonchev–Trinajstić information content (AvgIpc) is 3.11. The normalized spacial score (nSPS) is 11.6. The van der Waals surface area contributed by atoms with Gasteiger partial charge in [0.1, 0.15) is 11.5 Å². The molecule has 8 N–H and O–H groups in total. The fourth-order valence-corrected chi connectivity index (χ4v) is 6.75. The molecule has 0 aliphatic rings. The molecule has 54 heavy (non-hydrogen) atoms. The smallest absolute Gasteiger partial charge is 0.323 e. The highest BCUT2D eigenvalue weighted by Crippen LogP contribution is 2.36. The van der Waals surface area contributed by atoms with Crippen molar-refractivity contribution < 1.29 is 50.5 Å². The maximum atomic E-state index is 13.4. The molecule has 0 saturated heterocycles. The largest absolute Gasteiger partial charge is 0.506 e. The molecule has 0 fully saturated rings. The number of carbonyl (C=O) groups excluding carboxylic acids is 3. The quantitative estimate of drug-likeness (QED) is 0.0600. The summed E-state index contributed by atoms with van der Waals surface area (Å²) in [4.78, 5) is 39.2. The van der Waals surface area contributed by atoms with Crippen molar-refractivity contribution in [2.45, 2.75) is 23.6 Å². The van der Waals surface area contributed by atoms with E-state index in [-0.39, 0.29) is 55.2 Å². The van der Waals surface area contributed by atoms with Gasteiger partial charge in [0.05, 0.1) is 21.2 Å². The van der Waals surface area contributed by atoms with E-state index < -0.39 is 38.1 Å². The fourth-order valence-electron chi connectivity index (χ4n) is 5.72. The number of hydrogen-bond acceptors (Lipinski definition) is 9. The molecular formula is C37H30N4O11S2. The molecule has 0 unspecified atom stereocenters. The first kappa shape index (κ1) is 37.2. The summed E-state index contributed by atoms with van der Waals surface area (Å²) in [7, 11) is -8.98. The van der Waals surface area contributed by atoms with Crippen LogP contribution in [-0.2, 0) is 20.2 Å². The number of aromatic hydroxyl groups is 2. The van der Waals surface area contributed by atoms with Crippen molar-refractivity contribution in [3.05, 3.63) is 119 Å². The van der Waals surface area contributed by atoms with Crippen LogP contribution in [0.15, 0.2) is 107 Å². The van der Waals surface area contributed by atoms with Crippen molar-refractivity contribution in [1.82, 2.24) is 0 Å². The number of amides is 4. The minimum Gasteiger partial charge on any atom is -0.506 e. The Kier molecular flexibility index (Phi) is 9.74. The van der Waals surface area contributed by atoms with Crippen LogP contribution in [0.3, 0.4) is 0 Å². The Labute approximate surface area is 307 Å². The predicted octanol–water partition coefficient (Wildman–Crippen LogP) is 6.66. The molecule has 6 rings (SSSR count). The number of nitrogens with one attached hydrogen (secondary N) is 4. The Hall–Kier alpha value is -6.53. The van der Waals surface area contributed by atoms with Gasteiger partial charge >= 0.3 is 6.03 Å². The monoisotopic (exact) mass is 770 g/mol. The minimum atomic E-state index is -4.49. The number of hydrogen-bond donors (Lipinski definition) is 8. The van der Waals surface area contributed by atoms with Crippen LogP contribution in [0.25, 0.3) is 21.5 Å². The average molecular weight is 771 g/mol. The molecule has 15 nitrogen and oxygen atoms in total. The molecule has 0 aromatic heterocycles. The van der Waals surface area contributed by atoms with Gasteiger partial charge < -0.3 is 31.5 Å². The molecule has 6 aromatic rings. The highest BCUT2D eigenvalue weighted by Gasteiger charge is 2.20. The number of phenols is 2. The first-order valence-electron chi connectivity index (χ1n) is 15.8. The van der Waals surface area contributed by atoms with Gasteiger partial charge in [-0.2, -0.15) is 16.8 Å². The van der Waals surface area contributed by atoms with Crippen LogP contribution in [0, 0.1) is 13.8 Å². The molecular weight excluding hydrogens is 741 g/mol. The van der Waals surface area contributed by atoms with Crippen molar-refractivity contribution in [3.63, 3.8) is 0 Å². The first-order valence-corrected chi connectivity index (χ1v) is 18.7.